The quantitative estimate of drug-likeness (QED) is 0.720. The van der Waals surface area contributed by atoms with E-state index in [9.17, 15) is 9.90 Å². The number of aliphatic hydroxyl groups excluding tert-OH is 1. The van der Waals surface area contributed by atoms with E-state index in [-0.39, 0.29) is 24.1 Å². The zero-order chi connectivity index (χ0) is 16.9. The molecule has 1 aliphatic heterocycles. The summed E-state index contributed by atoms with van der Waals surface area (Å²) in [4.78, 5) is 13.1. The van der Waals surface area contributed by atoms with Crippen LogP contribution in [0.5, 0.6) is 5.75 Å². The maximum Gasteiger partial charge on any atom is 0.165 e. The van der Waals surface area contributed by atoms with Gasteiger partial charge in [-0.15, -0.1) is 5.10 Å². The van der Waals surface area contributed by atoms with Gasteiger partial charge in [-0.1, -0.05) is 17.3 Å². The van der Waals surface area contributed by atoms with Crippen molar-refractivity contribution in [2.45, 2.75) is 25.3 Å². The first-order chi connectivity index (χ1) is 11.7. The van der Waals surface area contributed by atoms with Crippen LogP contribution in [-0.2, 0) is 11.2 Å². The molecule has 3 N–H and O–H groups in total. The van der Waals surface area contributed by atoms with Crippen LogP contribution in [0, 0.1) is 5.92 Å². The first-order valence-corrected chi connectivity index (χ1v) is 8.24. The third-order valence-corrected chi connectivity index (χ3v) is 4.41. The lowest BCUT2D eigenvalue weighted by molar-refractivity contribution is -0.126. The number of nitrogens with zero attached hydrogens (tertiary/aromatic N) is 3. The average Bonchev–Trinajstić information content (AvgIpc) is 3.06. The van der Waals surface area contributed by atoms with Crippen LogP contribution in [0.1, 0.15) is 30.1 Å². The van der Waals surface area contributed by atoms with Gasteiger partial charge in [-0.05, 0) is 43.6 Å². The van der Waals surface area contributed by atoms with Crippen molar-refractivity contribution in [1.82, 2.24) is 20.3 Å². The molecule has 1 aromatic carbocycles. The Morgan fingerprint density at radius 3 is 2.67 bits per heavy atom. The summed E-state index contributed by atoms with van der Waals surface area (Å²) in [6, 6.07) is 6.07. The average molecular weight is 330 g/mol. The van der Waals surface area contributed by atoms with Crippen molar-refractivity contribution in [2.75, 3.05) is 19.7 Å². The predicted molar refractivity (Wildman–Crippen MR) is 87.7 cm³/mol. The third-order valence-electron chi connectivity index (χ3n) is 4.41. The molecule has 2 aromatic rings. The maximum absolute atomic E-state index is 13.1. The smallest absolute Gasteiger partial charge is 0.165 e. The van der Waals surface area contributed by atoms with Crippen LogP contribution in [0.3, 0.4) is 0 Å². The molecule has 1 aromatic heterocycles. The number of nitrogens with one attached hydrogen (secondary N) is 1. The van der Waals surface area contributed by atoms with Crippen molar-refractivity contribution in [3.8, 4) is 5.75 Å². The number of ketones is 1. The van der Waals surface area contributed by atoms with Gasteiger partial charge in [-0.2, -0.15) is 0 Å². The van der Waals surface area contributed by atoms with Crippen molar-refractivity contribution < 1.29 is 15.0 Å². The van der Waals surface area contributed by atoms with Crippen LogP contribution in [-0.4, -0.2) is 50.7 Å². The largest absolute Gasteiger partial charge is 0.508 e. The van der Waals surface area contributed by atoms with Crippen LogP contribution in [0.2, 0.25) is 0 Å². The Kier molecular flexibility index (Phi) is 5.22. The van der Waals surface area contributed by atoms with Gasteiger partial charge in [0.05, 0.1) is 5.69 Å². The fourth-order valence-corrected chi connectivity index (χ4v) is 3.10. The number of piperidine rings is 1. The van der Waals surface area contributed by atoms with E-state index < -0.39 is 6.04 Å². The zero-order valence-corrected chi connectivity index (χ0v) is 13.4. The van der Waals surface area contributed by atoms with Gasteiger partial charge in [0.2, 0.25) is 0 Å². The van der Waals surface area contributed by atoms with Gasteiger partial charge >= 0.3 is 0 Å². The maximum atomic E-state index is 13.1. The van der Waals surface area contributed by atoms with Crippen molar-refractivity contribution in [1.29, 1.82) is 0 Å². The molecule has 128 valence electrons. The number of phenolic OH excluding ortho intramolecular Hbond substituents is 1. The topological polar surface area (TPSA) is 100 Å². The minimum atomic E-state index is -0.561. The van der Waals surface area contributed by atoms with E-state index in [1.807, 2.05) is 0 Å². The Morgan fingerprint density at radius 1 is 1.29 bits per heavy atom. The number of aromatic nitrogens is 3. The van der Waals surface area contributed by atoms with Crippen molar-refractivity contribution in [3.05, 3.63) is 41.7 Å². The van der Waals surface area contributed by atoms with E-state index in [4.69, 9.17) is 5.11 Å². The summed E-state index contributed by atoms with van der Waals surface area (Å²) in [6.45, 7) is 1.67. The van der Waals surface area contributed by atoms with E-state index in [1.165, 1.54) is 0 Å². The highest BCUT2D eigenvalue weighted by atomic mass is 16.3. The Morgan fingerprint density at radius 2 is 2.00 bits per heavy atom. The summed E-state index contributed by atoms with van der Waals surface area (Å²) in [5, 5.41) is 30.0. The van der Waals surface area contributed by atoms with Crippen molar-refractivity contribution >= 4 is 5.78 Å². The highest BCUT2D eigenvalue weighted by Crippen LogP contribution is 2.27. The van der Waals surface area contributed by atoms with Gasteiger partial charge in [0.15, 0.2) is 5.78 Å². The molecule has 1 fully saturated rings. The number of aliphatic hydroxyl groups is 1. The number of rotatable bonds is 6. The van der Waals surface area contributed by atoms with Gasteiger partial charge in [0.25, 0.3) is 0 Å². The van der Waals surface area contributed by atoms with E-state index in [0.29, 0.717) is 12.1 Å². The summed E-state index contributed by atoms with van der Waals surface area (Å²) < 4.78 is 1.57. The lowest BCUT2D eigenvalue weighted by Crippen LogP contribution is -2.36. The lowest BCUT2D eigenvalue weighted by atomic mass is 9.87. The molecule has 0 bridgehead atoms. The monoisotopic (exact) mass is 330 g/mol. The van der Waals surface area contributed by atoms with E-state index in [1.54, 1.807) is 35.1 Å². The fourth-order valence-electron chi connectivity index (χ4n) is 3.10. The highest BCUT2D eigenvalue weighted by Gasteiger charge is 2.31. The number of hydrogen-bond acceptors (Lipinski definition) is 6. The summed E-state index contributed by atoms with van der Waals surface area (Å²) in [5.41, 5.74) is 1.43. The van der Waals surface area contributed by atoms with E-state index in [2.05, 4.69) is 15.6 Å². The number of Topliss-reactive ketones (excluding diaryl/α,β-unsaturated/α-hetero) is 1. The molecular weight excluding hydrogens is 308 g/mol. The first kappa shape index (κ1) is 16.6. The molecular formula is C17H22N4O3. The summed E-state index contributed by atoms with van der Waals surface area (Å²) in [6.07, 6.45) is 3.74. The van der Waals surface area contributed by atoms with Gasteiger partial charge in [-0.25, -0.2) is 4.68 Å². The van der Waals surface area contributed by atoms with Crippen LogP contribution in [0.4, 0.5) is 0 Å². The van der Waals surface area contributed by atoms with E-state index >= 15 is 0 Å². The number of carbonyl (C=O) groups excluding carboxylic acids is 1. The van der Waals surface area contributed by atoms with Gasteiger partial charge in [0, 0.05) is 25.1 Å². The second kappa shape index (κ2) is 7.55. The van der Waals surface area contributed by atoms with Crippen LogP contribution in [0.15, 0.2) is 30.5 Å². The molecule has 0 radical (unpaired) electrons. The fraction of sp³-hybridized carbons (Fsp3) is 0.471. The zero-order valence-electron chi connectivity index (χ0n) is 13.4. The molecule has 2 heterocycles. The second-order valence-electron chi connectivity index (χ2n) is 6.08. The Bertz CT molecular complexity index is 677. The van der Waals surface area contributed by atoms with Crippen molar-refractivity contribution in [2.24, 2.45) is 5.92 Å². The SMILES string of the molecule is O=C(C1CCNCC1)[C@H](c1ccc(O)cc1)n1cc(CCO)nn1. The molecule has 24 heavy (non-hydrogen) atoms. The Balaban J connectivity index is 1.92. The minimum Gasteiger partial charge on any atom is -0.508 e. The van der Waals surface area contributed by atoms with Crippen LogP contribution in [0.25, 0.3) is 0 Å². The molecule has 0 aliphatic carbocycles. The number of benzene rings is 1. The predicted octanol–water partition coefficient (Wildman–Crippen LogP) is 0.677. The number of carbonyl (C=O) groups is 1. The molecule has 3 rings (SSSR count). The van der Waals surface area contributed by atoms with Gasteiger partial charge in [0.1, 0.15) is 11.8 Å². The molecule has 0 unspecified atom stereocenters. The third kappa shape index (κ3) is 3.63. The van der Waals surface area contributed by atoms with Crippen LogP contribution >= 0.6 is 0 Å². The van der Waals surface area contributed by atoms with Gasteiger partial charge < -0.3 is 15.5 Å². The van der Waals surface area contributed by atoms with Crippen LogP contribution < -0.4 is 5.32 Å². The Labute approximate surface area is 140 Å². The molecule has 7 nitrogen and oxygen atoms in total. The first-order valence-electron chi connectivity index (χ1n) is 8.24. The molecule has 1 saturated heterocycles. The summed E-state index contributed by atoms with van der Waals surface area (Å²) in [5.74, 6) is 0.254. The summed E-state index contributed by atoms with van der Waals surface area (Å²) >= 11 is 0. The molecule has 0 saturated carbocycles. The molecule has 1 atom stereocenters. The molecule has 1 aliphatic rings. The van der Waals surface area contributed by atoms with Gasteiger partial charge in [-0.3, -0.25) is 4.79 Å². The minimum absolute atomic E-state index is 0.00912. The van der Waals surface area contributed by atoms with Crippen molar-refractivity contribution in [3.63, 3.8) is 0 Å². The number of hydrogen-bond donors (Lipinski definition) is 3. The Hall–Kier alpha value is -2.25. The summed E-state index contributed by atoms with van der Waals surface area (Å²) in [7, 11) is 0. The highest BCUT2D eigenvalue weighted by molar-refractivity contribution is 5.87. The normalized spacial score (nSPS) is 16.9. The molecule has 0 spiro atoms. The molecule has 0 amide bonds. The number of aromatic hydroxyl groups is 1. The molecule has 7 heteroatoms. The number of phenols is 1. The van der Waals surface area contributed by atoms with E-state index in [0.717, 1.165) is 31.5 Å². The lowest BCUT2D eigenvalue weighted by Gasteiger charge is -2.26. The standard InChI is InChI=1S/C17H22N4O3/c22-10-7-14-11-21(20-19-14)16(12-1-3-15(23)4-2-12)17(24)13-5-8-18-9-6-13/h1-4,11,13,16,18,22-23H,5-10H2/t16-/m0/s1. The second-order valence-corrected chi connectivity index (χ2v) is 6.08.